The van der Waals surface area contributed by atoms with Gasteiger partial charge in [0.15, 0.2) is 5.54 Å². The van der Waals surface area contributed by atoms with Gasteiger partial charge in [0.05, 0.1) is 5.57 Å². The van der Waals surface area contributed by atoms with E-state index in [1.165, 1.54) is 0 Å². The van der Waals surface area contributed by atoms with Gasteiger partial charge in [-0.25, -0.2) is 0 Å². The van der Waals surface area contributed by atoms with Crippen molar-refractivity contribution in [1.29, 1.82) is 0 Å². The van der Waals surface area contributed by atoms with Crippen molar-refractivity contribution in [3.63, 3.8) is 0 Å². The number of hydrogen-bond donors (Lipinski definition) is 1. The quantitative estimate of drug-likeness (QED) is 0.407. The average molecular weight is 437 g/mol. The maximum atomic E-state index is 14.3. The van der Waals surface area contributed by atoms with Crippen LogP contribution in [0.3, 0.4) is 0 Å². The van der Waals surface area contributed by atoms with Crippen molar-refractivity contribution in [2.75, 3.05) is 5.32 Å². The van der Waals surface area contributed by atoms with E-state index in [0.717, 1.165) is 48.9 Å². The number of carbonyl (C=O) groups excluding carboxylic acids is 2. The lowest BCUT2D eigenvalue weighted by Gasteiger charge is -2.33. The summed E-state index contributed by atoms with van der Waals surface area (Å²) < 4.78 is 0. The number of nitrogens with zero attached hydrogens (tertiary/aromatic N) is 1. The molecule has 2 aliphatic rings. The van der Waals surface area contributed by atoms with E-state index in [0.29, 0.717) is 5.57 Å². The summed E-state index contributed by atoms with van der Waals surface area (Å²) in [4.78, 5) is 29.9. The largest absolute Gasteiger partial charge is 0.364 e. The molecule has 1 aliphatic heterocycles. The molecular weight excluding hydrogens is 408 g/mol. The number of rotatable bonds is 5. The van der Waals surface area contributed by atoms with Crippen molar-refractivity contribution < 1.29 is 9.59 Å². The second kappa shape index (κ2) is 9.07. The second-order valence-corrected chi connectivity index (χ2v) is 8.85. The summed E-state index contributed by atoms with van der Waals surface area (Å²) >= 11 is 0. The first-order chi connectivity index (χ1) is 16.2. The Kier molecular flexibility index (Phi) is 5.82. The molecule has 4 nitrogen and oxygen atoms in total. The van der Waals surface area contributed by atoms with E-state index in [2.05, 4.69) is 5.32 Å². The van der Waals surface area contributed by atoms with E-state index in [1.807, 2.05) is 97.1 Å². The standard InChI is InChI=1S/C29H28N2O2/c32-27-26(21-22-13-5-1-6-14-22)29(23-15-7-2-8-16-23,30-24-17-9-3-10-18-24)28(33)31(27)25-19-11-4-12-20-25/h1-3,5-10,13-18,21,25,30H,4,11-12,19-20H2/b26-21+/t29-/m1/s1. The van der Waals surface area contributed by atoms with Gasteiger partial charge in [-0.2, -0.15) is 0 Å². The summed E-state index contributed by atoms with van der Waals surface area (Å²) in [7, 11) is 0. The van der Waals surface area contributed by atoms with Crippen LogP contribution in [0.25, 0.3) is 6.08 Å². The van der Waals surface area contributed by atoms with Crippen LogP contribution in [0.1, 0.15) is 43.2 Å². The molecule has 166 valence electrons. The molecule has 0 radical (unpaired) electrons. The number of likely N-dealkylation sites (tertiary alicyclic amines) is 1. The Morgan fingerprint density at radius 2 is 1.33 bits per heavy atom. The van der Waals surface area contributed by atoms with Crippen LogP contribution >= 0.6 is 0 Å². The topological polar surface area (TPSA) is 49.4 Å². The monoisotopic (exact) mass is 436 g/mol. The minimum absolute atomic E-state index is 0.0546. The Labute approximate surface area is 194 Å². The van der Waals surface area contributed by atoms with Gasteiger partial charge in [-0.3, -0.25) is 14.5 Å². The zero-order valence-corrected chi connectivity index (χ0v) is 18.6. The summed E-state index contributed by atoms with van der Waals surface area (Å²) in [6, 6.07) is 29.0. The summed E-state index contributed by atoms with van der Waals surface area (Å²) in [5, 5.41) is 3.51. The predicted octanol–water partition coefficient (Wildman–Crippen LogP) is 5.78. The molecule has 2 fully saturated rings. The van der Waals surface area contributed by atoms with Gasteiger partial charge in [0.2, 0.25) is 0 Å². The molecule has 1 atom stereocenters. The first kappa shape index (κ1) is 21.2. The molecule has 2 amide bonds. The van der Waals surface area contributed by atoms with Crippen molar-refractivity contribution in [3.8, 4) is 0 Å². The molecule has 4 heteroatoms. The molecule has 1 saturated heterocycles. The van der Waals surface area contributed by atoms with E-state index >= 15 is 0 Å². The van der Waals surface area contributed by atoms with Crippen LogP contribution in [0.2, 0.25) is 0 Å². The predicted molar refractivity (Wildman–Crippen MR) is 131 cm³/mol. The molecule has 1 N–H and O–H groups in total. The van der Waals surface area contributed by atoms with Gasteiger partial charge in [-0.05, 0) is 42.2 Å². The number of carbonyl (C=O) groups is 2. The molecule has 0 unspecified atom stereocenters. The Balaban J connectivity index is 1.72. The number of benzene rings is 3. The van der Waals surface area contributed by atoms with Crippen LogP contribution < -0.4 is 5.32 Å². The zero-order chi connectivity index (χ0) is 22.7. The second-order valence-electron chi connectivity index (χ2n) is 8.85. The van der Waals surface area contributed by atoms with Crippen LogP contribution in [0.4, 0.5) is 5.69 Å². The molecule has 0 bridgehead atoms. The van der Waals surface area contributed by atoms with E-state index < -0.39 is 5.54 Å². The third-order valence-corrected chi connectivity index (χ3v) is 6.76. The number of imide groups is 1. The van der Waals surface area contributed by atoms with Crippen molar-refractivity contribution in [2.24, 2.45) is 0 Å². The number of amides is 2. The summed E-state index contributed by atoms with van der Waals surface area (Å²) in [5.41, 5.74) is 1.65. The van der Waals surface area contributed by atoms with Gasteiger partial charge >= 0.3 is 0 Å². The molecule has 0 spiro atoms. The fourth-order valence-corrected chi connectivity index (χ4v) is 5.13. The third-order valence-electron chi connectivity index (χ3n) is 6.76. The van der Waals surface area contributed by atoms with Crippen molar-refractivity contribution in [3.05, 3.63) is 108 Å². The summed E-state index contributed by atoms with van der Waals surface area (Å²) in [6.07, 6.45) is 6.87. The normalized spacial score (nSPS) is 22.7. The molecule has 1 aliphatic carbocycles. The average Bonchev–Trinajstić information content (AvgIpc) is 3.08. The highest BCUT2D eigenvalue weighted by Gasteiger charge is 2.58. The van der Waals surface area contributed by atoms with Crippen LogP contribution in [0.5, 0.6) is 0 Å². The molecule has 33 heavy (non-hydrogen) atoms. The fraction of sp³-hybridized carbons (Fsp3) is 0.241. The Morgan fingerprint density at radius 1 is 0.758 bits per heavy atom. The SMILES string of the molecule is O=C1/C(=C\c2ccccc2)[C@](Nc2ccccc2)(c2ccccc2)C(=O)N1C1CCCCC1. The first-order valence-electron chi connectivity index (χ1n) is 11.7. The highest BCUT2D eigenvalue weighted by Crippen LogP contribution is 2.44. The highest BCUT2D eigenvalue weighted by atomic mass is 16.2. The van der Waals surface area contributed by atoms with Crippen LogP contribution in [-0.2, 0) is 15.1 Å². The van der Waals surface area contributed by atoms with Gasteiger partial charge in [-0.15, -0.1) is 0 Å². The van der Waals surface area contributed by atoms with E-state index in [1.54, 1.807) is 4.90 Å². The Bertz CT molecular complexity index is 1150. The van der Waals surface area contributed by atoms with Crippen LogP contribution in [0.15, 0.2) is 96.6 Å². The lowest BCUT2D eigenvalue weighted by atomic mass is 9.82. The number of hydrogen-bond acceptors (Lipinski definition) is 3. The highest BCUT2D eigenvalue weighted by molar-refractivity contribution is 6.23. The Morgan fingerprint density at radius 3 is 1.97 bits per heavy atom. The number of anilines is 1. The van der Waals surface area contributed by atoms with Gasteiger partial charge in [-0.1, -0.05) is 98.1 Å². The van der Waals surface area contributed by atoms with Crippen molar-refractivity contribution >= 4 is 23.6 Å². The number of para-hydroxylation sites is 1. The molecule has 3 aromatic rings. The fourth-order valence-electron chi connectivity index (χ4n) is 5.13. The third kappa shape index (κ3) is 3.86. The first-order valence-corrected chi connectivity index (χ1v) is 11.7. The van der Waals surface area contributed by atoms with Gasteiger partial charge in [0, 0.05) is 11.7 Å². The van der Waals surface area contributed by atoms with Gasteiger partial charge in [0.25, 0.3) is 11.8 Å². The molecule has 5 rings (SSSR count). The number of nitrogens with one attached hydrogen (secondary N) is 1. The van der Waals surface area contributed by atoms with Gasteiger partial charge < -0.3 is 5.32 Å². The molecule has 0 aromatic heterocycles. The van der Waals surface area contributed by atoms with Crippen molar-refractivity contribution in [2.45, 2.75) is 43.7 Å². The zero-order valence-electron chi connectivity index (χ0n) is 18.6. The van der Waals surface area contributed by atoms with E-state index in [4.69, 9.17) is 0 Å². The lowest BCUT2D eigenvalue weighted by molar-refractivity contribution is -0.142. The van der Waals surface area contributed by atoms with Crippen LogP contribution in [0, 0.1) is 0 Å². The molecule has 1 heterocycles. The molecule has 3 aromatic carbocycles. The minimum atomic E-state index is -1.28. The maximum Gasteiger partial charge on any atom is 0.264 e. The smallest absolute Gasteiger partial charge is 0.264 e. The Hall–Kier alpha value is -3.66. The van der Waals surface area contributed by atoms with E-state index in [-0.39, 0.29) is 17.9 Å². The molecule has 1 saturated carbocycles. The minimum Gasteiger partial charge on any atom is -0.364 e. The van der Waals surface area contributed by atoms with E-state index in [9.17, 15) is 9.59 Å². The molecular formula is C29H28N2O2. The lowest BCUT2D eigenvalue weighted by Crippen LogP contribution is -2.48. The summed E-state index contributed by atoms with van der Waals surface area (Å²) in [5.74, 6) is -0.375. The van der Waals surface area contributed by atoms with Gasteiger partial charge in [0.1, 0.15) is 0 Å². The summed E-state index contributed by atoms with van der Waals surface area (Å²) in [6.45, 7) is 0. The maximum absolute atomic E-state index is 14.3. The van der Waals surface area contributed by atoms with Crippen molar-refractivity contribution in [1.82, 2.24) is 4.90 Å². The van der Waals surface area contributed by atoms with Crippen LogP contribution in [-0.4, -0.2) is 22.8 Å².